The van der Waals surface area contributed by atoms with Gasteiger partial charge in [0, 0.05) is 29.7 Å². The summed E-state index contributed by atoms with van der Waals surface area (Å²) >= 11 is 6.21. The molecule has 126 valence electrons. The van der Waals surface area contributed by atoms with Crippen LogP contribution in [0, 0.1) is 0 Å². The third kappa shape index (κ3) is 2.46. The van der Waals surface area contributed by atoms with Crippen molar-refractivity contribution in [3.8, 4) is 5.82 Å². The third-order valence-electron chi connectivity index (χ3n) is 4.08. The van der Waals surface area contributed by atoms with E-state index < -0.39 is 0 Å². The molecule has 0 saturated heterocycles. The number of nitrogens with zero attached hydrogens (tertiary/aromatic N) is 5. The SMILES string of the molecule is Clc1cc2cc(Nc3n[nH]c4cccnc34)ccc2c(-n2cccn2)n1. The minimum Gasteiger partial charge on any atom is -0.337 e. The summed E-state index contributed by atoms with van der Waals surface area (Å²) in [7, 11) is 0. The zero-order valence-electron chi connectivity index (χ0n) is 13.4. The summed E-state index contributed by atoms with van der Waals surface area (Å²) in [6, 6.07) is 13.4. The highest BCUT2D eigenvalue weighted by Crippen LogP contribution is 2.28. The average Bonchev–Trinajstić information content (AvgIpc) is 3.31. The second-order valence-corrected chi connectivity index (χ2v) is 6.14. The first-order valence-corrected chi connectivity index (χ1v) is 8.32. The van der Waals surface area contributed by atoms with E-state index in [0.717, 1.165) is 27.5 Å². The second-order valence-electron chi connectivity index (χ2n) is 5.75. The molecule has 0 aliphatic rings. The Morgan fingerprint density at radius 3 is 2.92 bits per heavy atom. The maximum Gasteiger partial charge on any atom is 0.178 e. The molecule has 7 nitrogen and oxygen atoms in total. The summed E-state index contributed by atoms with van der Waals surface area (Å²) in [5, 5.41) is 17.1. The number of H-pyrrole nitrogens is 1. The van der Waals surface area contributed by atoms with Crippen molar-refractivity contribution >= 4 is 44.9 Å². The van der Waals surface area contributed by atoms with E-state index in [0.29, 0.717) is 16.8 Å². The van der Waals surface area contributed by atoms with Gasteiger partial charge in [0.05, 0.1) is 5.52 Å². The largest absolute Gasteiger partial charge is 0.337 e. The number of hydrogen-bond acceptors (Lipinski definition) is 5. The van der Waals surface area contributed by atoms with Crippen molar-refractivity contribution in [3.05, 3.63) is 66.2 Å². The van der Waals surface area contributed by atoms with Gasteiger partial charge in [-0.2, -0.15) is 10.2 Å². The van der Waals surface area contributed by atoms with Crippen LogP contribution in [0.1, 0.15) is 0 Å². The van der Waals surface area contributed by atoms with Crippen molar-refractivity contribution in [2.24, 2.45) is 0 Å². The quantitative estimate of drug-likeness (QED) is 0.473. The highest BCUT2D eigenvalue weighted by atomic mass is 35.5. The van der Waals surface area contributed by atoms with E-state index in [1.54, 1.807) is 17.1 Å². The Hall–Kier alpha value is -3.45. The maximum absolute atomic E-state index is 6.21. The number of anilines is 2. The fourth-order valence-electron chi connectivity index (χ4n) is 2.93. The van der Waals surface area contributed by atoms with Gasteiger partial charge in [0.25, 0.3) is 0 Å². The van der Waals surface area contributed by atoms with Crippen molar-refractivity contribution in [2.45, 2.75) is 0 Å². The van der Waals surface area contributed by atoms with Gasteiger partial charge in [-0.15, -0.1) is 0 Å². The highest BCUT2D eigenvalue weighted by Gasteiger charge is 2.10. The van der Waals surface area contributed by atoms with E-state index in [-0.39, 0.29) is 0 Å². The standard InChI is InChI=1S/C18H12ClN7/c19-15-10-11-9-12(22-17-16-14(24-25-17)3-1-6-20-16)4-5-13(11)18(23-15)26-8-2-7-21-26/h1-10H,(H2,22,24,25). The van der Waals surface area contributed by atoms with Gasteiger partial charge in [0.15, 0.2) is 11.6 Å². The smallest absolute Gasteiger partial charge is 0.178 e. The van der Waals surface area contributed by atoms with Gasteiger partial charge in [-0.3, -0.25) is 10.1 Å². The first kappa shape index (κ1) is 14.9. The molecule has 0 aliphatic heterocycles. The molecule has 1 aromatic carbocycles. The monoisotopic (exact) mass is 361 g/mol. The zero-order chi connectivity index (χ0) is 17.5. The number of rotatable bonds is 3. The van der Waals surface area contributed by atoms with E-state index in [4.69, 9.17) is 11.6 Å². The lowest BCUT2D eigenvalue weighted by Gasteiger charge is -2.09. The van der Waals surface area contributed by atoms with E-state index >= 15 is 0 Å². The van der Waals surface area contributed by atoms with Crippen LogP contribution in [-0.4, -0.2) is 29.9 Å². The topological polar surface area (TPSA) is 84.3 Å². The van der Waals surface area contributed by atoms with Crippen LogP contribution in [0.4, 0.5) is 11.5 Å². The summed E-state index contributed by atoms with van der Waals surface area (Å²) < 4.78 is 1.70. The molecule has 0 aliphatic carbocycles. The average molecular weight is 362 g/mol. The predicted molar refractivity (Wildman–Crippen MR) is 101 cm³/mol. The first-order valence-electron chi connectivity index (χ1n) is 7.94. The van der Waals surface area contributed by atoms with Gasteiger partial charge in [-0.1, -0.05) is 11.6 Å². The van der Waals surface area contributed by atoms with Crippen LogP contribution in [0.3, 0.4) is 0 Å². The number of aromatic nitrogens is 6. The Morgan fingerprint density at radius 2 is 2.04 bits per heavy atom. The molecular weight excluding hydrogens is 350 g/mol. The fourth-order valence-corrected chi connectivity index (χ4v) is 3.13. The minimum atomic E-state index is 0.409. The summed E-state index contributed by atoms with van der Waals surface area (Å²) in [6.07, 6.45) is 5.29. The predicted octanol–water partition coefficient (Wildman–Crippen LogP) is 4.09. The molecule has 0 radical (unpaired) electrons. The number of nitrogens with one attached hydrogen (secondary N) is 2. The summed E-state index contributed by atoms with van der Waals surface area (Å²) in [5.74, 6) is 1.36. The van der Waals surface area contributed by atoms with E-state index in [1.165, 1.54) is 0 Å². The van der Waals surface area contributed by atoms with Crippen LogP contribution in [0.5, 0.6) is 0 Å². The molecule has 4 aromatic heterocycles. The number of pyridine rings is 2. The molecule has 5 aromatic rings. The van der Waals surface area contributed by atoms with E-state index in [1.807, 2.05) is 48.7 Å². The Bertz CT molecular complexity index is 1230. The van der Waals surface area contributed by atoms with Crippen LogP contribution < -0.4 is 5.32 Å². The van der Waals surface area contributed by atoms with Gasteiger partial charge in [-0.05, 0) is 47.9 Å². The van der Waals surface area contributed by atoms with Crippen LogP contribution in [0.2, 0.25) is 5.15 Å². The van der Waals surface area contributed by atoms with Crippen LogP contribution in [-0.2, 0) is 0 Å². The molecule has 8 heteroatoms. The van der Waals surface area contributed by atoms with Gasteiger partial charge in [0.2, 0.25) is 0 Å². The molecule has 0 amide bonds. The van der Waals surface area contributed by atoms with Gasteiger partial charge in [-0.25, -0.2) is 9.67 Å². The molecule has 0 atom stereocenters. The second kappa shape index (κ2) is 5.82. The lowest BCUT2D eigenvalue weighted by Crippen LogP contribution is -2.00. The molecule has 0 fully saturated rings. The Labute approximate surface area is 152 Å². The summed E-state index contributed by atoms with van der Waals surface area (Å²) in [6.45, 7) is 0. The third-order valence-corrected chi connectivity index (χ3v) is 4.28. The molecule has 2 N–H and O–H groups in total. The molecule has 0 saturated carbocycles. The fraction of sp³-hybridized carbons (Fsp3) is 0. The van der Waals surface area contributed by atoms with Crippen LogP contribution in [0.15, 0.2) is 61.1 Å². The van der Waals surface area contributed by atoms with Gasteiger partial charge < -0.3 is 5.32 Å². The highest BCUT2D eigenvalue weighted by molar-refractivity contribution is 6.30. The molecule has 0 bridgehead atoms. The van der Waals surface area contributed by atoms with Crippen LogP contribution in [0.25, 0.3) is 27.6 Å². The summed E-state index contributed by atoms with van der Waals surface area (Å²) in [5.41, 5.74) is 2.55. The molecule has 26 heavy (non-hydrogen) atoms. The van der Waals surface area contributed by atoms with Crippen LogP contribution >= 0.6 is 11.6 Å². The van der Waals surface area contributed by atoms with Gasteiger partial charge >= 0.3 is 0 Å². The minimum absolute atomic E-state index is 0.409. The van der Waals surface area contributed by atoms with Crippen molar-refractivity contribution in [3.63, 3.8) is 0 Å². The Kier molecular flexibility index (Phi) is 3.32. The van der Waals surface area contributed by atoms with Crippen molar-refractivity contribution in [2.75, 3.05) is 5.32 Å². The Balaban J connectivity index is 1.60. The normalized spacial score (nSPS) is 11.3. The Morgan fingerprint density at radius 1 is 1.08 bits per heavy atom. The lowest BCUT2D eigenvalue weighted by atomic mass is 10.1. The van der Waals surface area contributed by atoms with Crippen molar-refractivity contribution in [1.29, 1.82) is 0 Å². The molecule has 5 rings (SSSR count). The summed E-state index contributed by atoms with van der Waals surface area (Å²) in [4.78, 5) is 8.77. The lowest BCUT2D eigenvalue weighted by molar-refractivity contribution is 0.856. The number of benzene rings is 1. The van der Waals surface area contributed by atoms with E-state index in [9.17, 15) is 0 Å². The number of aromatic amines is 1. The van der Waals surface area contributed by atoms with Crippen molar-refractivity contribution < 1.29 is 0 Å². The maximum atomic E-state index is 6.21. The molecule has 4 heterocycles. The first-order chi connectivity index (χ1) is 12.8. The zero-order valence-corrected chi connectivity index (χ0v) is 14.1. The molecular formula is C18H12ClN7. The number of hydrogen-bond donors (Lipinski definition) is 2. The van der Waals surface area contributed by atoms with Gasteiger partial charge in [0.1, 0.15) is 10.7 Å². The van der Waals surface area contributed by atoms with Crippen molar-refractivity contribution in [1.82, 2.24) is 29.9 Å². The molecule has 0 spiro atoms. The molecule has 0 unspecified atom stereocenters. The van der Waals surface area contributed by atoms with E-state index in [2.05, 4.69) is 30.6 Å². The number of halogens is 1. The number of fused-ring (bicyclic) bond motifs is 2.